The molecule has 1 aromatic rings. The molecule has 3 rings (SSSR count). The number of nitrogens with one attached hydrogen (secondary N) is 1. The van der Waals surface area contributed by atoms with Crippen LogP contribution in [0.3, 0.4) is 0 Å². The van der Waals surface area contributed by atoms with Gasteiger partial charge < -0.3 is 16.2 Å². The van der Waals surface area contributed by atoms with Crippen LogP contribution in [0.2, 0.25) is 0 Å². The molecule has 0 saturated heterocycles. The molecule has 0 radical (unpaired) electrons. The van der Waals surface area contributed by atoms with Gasteiger partial charge in [-0.15, -0.1) is 0 Å². The molecule has 0 aliphatic heterocycles. The highest BCUT2D eigenvalue weighted by Gasteiger charge is 2.28. The summed E-state index contributed by atoms with van der Waals surface area (Å²) in [6.45, 7) is 2.06. The molecule has 3 atom stereocenters. The number of rotatable bonds is 5. The first kappa shape index (κ1) is 15.2. The third-order valence-corrected chi connectivity index (χ3v) is 4.77. The van der Waals surface area contributed by atoms with Gasteiger partial charge in [-0.1, -0.05) is 6.92 Å². The minimum absolute atomic E-state index is 0.118. The standard InChI is InChI=1S/C16H24N4O2/c1-9-2-5-11(7-13(9)21)19-16-12(15(17)22)8-18-14(20-16)6-10-3-4-10/h8-11,13,21H,2-7H2,1H3,(H2,17,22)(H,18,19,20)/t9-,11-,13-/m1/s1. The summed E-state index contributed by atoms with van der Waals surface area (Å²) in [5.41, 5.74) is 5.75. The summed E-state index contributed by atoms with van der Waals surface area (Å²) in [6, 6.07) is 0.118. The van der Waals surface area contributed by atoms with Crippen LogP contribution in [0.15, 0.2) is 6.20 Å². The molecule has 2 aliphatic rings. The van der Waals surface area contributed by atoms with Crippen molar-refractivity contribution in [3.05, 3.63) is 17.6 Å². The Hall–Kier alpha value is -1.69. The number of hydrogen-bond donors (Lipinski definition) is 3. The Morgan fingerprint density at radius 1 is 1.41 bits per heavy atom. The first-order chi connectivity index (χ1) is 10.5. The lowest BCUT2D eigenvalue weighted by Gasteiger charge is -2.32. The lowest BCUT2D eigenvalue weighted by molar-refractivity contribution is 0.0739. The molecule has 1 heterocycles. The highest BCUT2D eigenvalue weighted by molar-refractivity contribution is 5.97. The zero-order chi connectivity index (χ0) is 15.7. The molecule has 0 bridgehead atoms. The molecule has 6 nitrogen and oxygen atoms in total. The van der Waals surface area contributed by atoms with E-state index in [2.05, 4.69) is 22.2 Å². The monoisotopic (exact) mass is 304 g/mol. The van der Waals surface area contributed by atoms with E-state index in [1.165, 1.54) is 19.0 Å². The van der Waals surface area contributed by atoms with Gasteiger partial charge in [-0.25, -0.2) is 9.97 Å². The summed E-state index contributed by atoms with van der Waals surface area (Å²) in [5, 5.41) is 13.3. The number of carbonyl (C=O) groups is 1. The molecule has 22 heavy (non-hydrogen) atoms. The van der Waals surface area contributed by atoms with Crippen LogP contribution in [0.1, 0.15) is 55.2 Å². The lowest BCUT2D eigenvalue weighted by Crippen LogP contribution is -2.35. The number of aliphatic hydroxyl groups excluding tert-OH is 1. The first-order valence-electron chi connectivity index (χ1n) is 8.13. The molecular formula is C16H24N4O2. The predicted octanol–water partition coefficient (Wildman–Crippen LogP) is 1.49. The molecule has 4 N–H and O–H groups in total. The van der Waals surface area contributed by atoms with Crippen LogP contribution in [0, 0.1) is 11.8 Å². The number of aliphatic hydroxyl groups is 1. The average Bonchev–Trinajstić information content (AvgIpc) is 3.27. The Bertz CT molecular complexity index is 559. The van der Waals surface area contributed by atoms with E-state index in [0.29, 0.717) is 29.6 Å². The van der Waals surface area contributed by atoms with E-state index in [-0.39, 0.29) is 12.1 Å². The minimum Gasteiger partial charge on any atom is -0.393 e. The van der Waals surface area contributed by atoms with Crippen molar-refractivity contribution >= 4 is 11.7 Å². The fourth-order valence-corrected chi connectivity index (χ4v) is 3.01. The summed E-state index contributed by atoms with van der Waals surface area (Å²) >= 11 is 0. The molecule has 2 aliphatic carbocycles. The van der Waals surface area contributed by atoms with Gasteiger partial charge in [0.1, 0.15) is 11.6 Å². The van der Waals surface area contributed by atoms with Crippen molar-refractivity contribution in [1.29, 1.82) is 0 Å². The van der Waals surface area contributed by atoms with Gasteiger partial charge in [0.05, 0.1) is 11.7 Å². The normalized spacial score (nSPS) is 28.4. The van der Waals surface area contributed by atoms with E-state index in [1.807, 2.05) is 0 Å². The third kappa shape index (κ3) is 3.55. The van der Waals surface area contributed by atoms with E-state index in [9.17, 15) is 9.90 Å². The maximum Gasteiger partial charge on any atom is 0.254 e. The van der Waals surface area contributed by atoms with E-state index in [1.54, 1.807) is 0 Å². The lowest BCUT2D eigenvalue weighted by atomic mass is 9.85. The quantitative estimate of drug-likeness (QED) is 0.765. The Kier molecular flexibility index (Phi) is 4.29. The highest BCUT2D eigenvalue weighted by atomic mass is 16.3. The molecule has 120 valence electrons. The van der Waals surface area contributed by atoms with E-state index in [0.717, 1.165) is 25.1 Å². The molecule has 2 saturated carbocycles. The molecular weight excluding hydrogens is 280 g/mol. The first-order valence-corrected chi connectivity index (χ1v) is 8.13. The van der Waals surface area contributed by atoms with Crippen molar-refractivity contribution in [3.8, 4) is 0 Å². The average molecular weight is 304 g/mol. The fraction of sp³-hybridized carbons (Fsp3) is 0.688. The maximum atomic E-state index is 11.6. The molecule has 0 spiro atoms. The number of hydrogen-bond acceptors (Lipinski definition) is 5. The zero-order valence-electron chi connectivity index (χ0n) is 13.0. The van der Waals surface area contributed by atoms with Gasteiger partial charge in [0.15, 0.2) is 0 Å². The Morgan fingerprint density at radius 2 is 2.18 bits per heavy atom. The number of aromatic nitrogens is 2. The largest absolute Gasteiger partial charge is 0.393 e. The van der Waals surface area contributed by atoms with Crippen molar-refractivity contribution < 1.29 is 9.90 Å². The summed E-state index contributed by atoms with van der Waals surface area (Å²) in [7, 11) is 0. The van der Waals surface area contributed by atoms with Crippen molar-refractivity contribution in [3.63, 3.8) is 0 Å². The minimum atomic E-state index is -0.523. The van der Waals surface area contributed by atoms with Crippen molar-refractivity contribution in [1.82, 2.24) is 9.97 Å². The second-order valence-corrected chi connectivity index (χ2v) is 6.76. The predicted molar refractivity (Wildman–Crippen MR) is 83.4 cm³/mol. The van der Waals surface area contributed by atoms with Crippen LogP contribution in [0.25, 0.3) is 0 Å². The van der Waals surface area contributed by atoms with Gasteiger partial charge >= 0.3 is 0 Å². The summed E-state index contributed by atoms with van der Waals surface area (Å²) < 4.78 is 0. The summed E-state index contributed by atoms with van der Waals surface area (Å²) in [6.07, 6.45) is 7.13. The maximum absolute atomic E-state index is 11.6. The smallest absolute Gasteiger partial charge is 0.254 e. The number of primary amides is 1. The van der Waals surface area contributed by atoms with Gasteiger partial charge in [0.2, 0.25) is 0 Å². The van der Waals surface area contributed by atoms with Crippen LogP contribution < -0.4 is 11.1 Å². The van der Waals surface area contributed by atoms with Gasteiger partial charge in [-0.05, 0) is 43.9 Å². The van der Waals surface area contributed by atoms with Gasteiger partial charge in [0.25, 0.3) is 5.91 Å². The second-order valence-electron chi connectivity index (χ2n) is 6.76. The third-order valence-electron chi connectivity index (χ3n) is 4.77. The van der Waals surface area contributed by atoms with E-state index in [4.69, 9.17) is 5.73 Å². The van der Waals surface area contributed by atoms with Crippen molar-refractivity contribution in [2.24, 2.45) is 17.6 Å². The van der Waals surface area contributed by atoms with Crippen LogP contribution in [-0.2, 0) is 6.42 Å². The van der Waals surface area contributed by atoms with Crippen molar-refractivity contribution in [2.45, 2.75) is 57.6 Å². The molecule has 0 aromatic carbocycles. The Balaban J connectivity index is 1.75. The summed E-state index contributed by atoms with van der Waals surface area (Å²) in [4.78, 5) is 20.3. The summed E-state index contributed by atoms with van der Waals surface area (Å²) in [5.74, 6) is 1.77. The molecule has 0 unspecified atom stereocenters. The number of anilines is 1. The Labute approximate surface area is 130 Å². The SMILES string of the molecule is C[C@@H]1CC[C@@H](Nc2nc(CC3CC3)ncc2C(N)=O)C[C@H]1O. The van der Waals surface area contributed by atoms with E-state index < -0.39 is 5.91 Å². The molecule has 1 aromatic heterocycles. The molecule has 1 amide bonds. The number of nitrogens with zero attached hydrogens (tertiary/aromatic N) is 2. The fourth-order valence-electron chi connectivity index (χ4n) is 3.01. The van der Waals surface area contributed by atoms with E-state index >= 15 is 0 Å². The molecule has 2 fully saturated rings. The highest BCUT2D eigenvalue weighted by Crippen LogP contribution is 2.32. The number of amides is 1. The van der Waals surface area contributed by atoms with Crippen LogP contribution >= 0.6 is 0 Å². The van der Waals surface area contributed by atoms with Gasteiger partial charge in [0, 0.05) is 18.7 Å². The van der Waals surface area contributed by atoms with Crippen LogP contribution in [0.4, 0.5) is 5.82 Å². The zero-order valence-corrected chi connectivity index (χ0v) is 13.0. The topological polar surface area (TPSA) is 101 Å². The number of carbonyl (C=O) groups excluding carboxylic acids is 1. The second kappa shape index (κ2) is 6.20. The van der Waals surface area contributed by atoms with Crippen molar-refractivity contribution in [2.75, 3.05) is 5.32 Å². The Morgan fingerprint density at radius 3 is 2.82 bits per heavy atom. The molecule has 6 heteroatoms. The van der Waals surface area contributed by atoms with Crippen LogP contribution in [-0.4, -0.2) is 33.1 Å². The van der Waals surface area contributed by atoms with Gasteiger partial charge in [-0.2, -0.15) is 0 Å². The van der Waals surface area contributed by atoms with Gasteiger partial charge in [-0.3, -0.25) is 4.79 Å². The van der Waals surface area contributed by atoms with Crippen LogP contribution in [0.5, 0.6) is 0 Å². The number of nitrogens with two attached hydrogens (primary N) is 1.